The van der Waals surface area contributed by atoms with E-state index in [0.29, 0.717) is 41.3 Å². The normalized spacial score (nSPS) is 16.4. The Hall–Kier alpha value is -2.94. The summed E-state index contributed by atoms with van der Waals surface area (Å²) in [4.78, 5) is 21.5. The van der Waals surface area contributed by atoms with Crippen LogP contribution in [0.5, 0.6) is 0 Å². The summed E-state index contributed by atoms with van der Waals surface area (Å²) in [5.74, 6) is 0.947. The number of benzene rings is 1. The van der Waals surface area contributed by atoms with E-state index in [1.807, 2.05) is 0 Å². The number of aromatic nitrogens is 3. The second kappa shape index (κ2) is 8.30. The van der Waals surface area contributed by atoms with E-state index in [2.05, 4.69) is 15.3 Å². The first kappa shape index (κ1) is 21.3. The average Bonchev–Trinajstić information content (AvgIpc) is 2.73. The van der Waals surface area contributed by atoms with Crippen LogP contribution in [0.3, 0.4) is 0 Å². The van der Waals surface area contributed by atoms with E-state index in [0.717, 1.165) is 25.0 Å². The zero-order chi connectivity index (χ0) is 22.2. The molecule has 1 N–H and O–H groups in total. The second-order valence-electron chi connectivity index (χ2n) is 7.77. The van der Waals surface area contributed by atoms with Crippen molar-refractivity contribution in [2.24, 2.45) is 0 Å². The SMILES string of the molecule is Cc1nc(N[C@H](C)c2cccc(C(F)(F)F)c2)c2cn(C3CCOCC3)c(=O)cc2n1. The number of hydrogen-bond acceptors (Lipinski definition) is 5. The number of hydrogen-bond donors (Lipinski definition) is 1. The molecule has 1 aliphatic heterocycles. The van der Waals surface area contributed by atoms with Gasteiger partial charge in [0.15, 0.2) is 0 Å². The number of pyridine rings is 1. The molecule has 0 aliphatic carbocycles. The van der Waals surface area contributed by atoms with Gasteiger partial charge < -0.3 is 14.6 Å². The molecule has 1 aromatic carbocycles. The molecule has 3 heterocycles. The van der Waals surface area contributed by atoms with E-state index < -0.39 is 17.8 Å². The van der Waals surface area contributed by atoms with Crippen molar-refractivity contribution in [1.82, 2.24) is 14.5 Å². The number of ether oxygens (including phenoxy) is 1. The van der Waals surface area contributed by atoms with Crippen LogP contribution in [-0.2, 0) is 10.9 Å². The first-order chi connectivity index (χ1) is 14.7. The summed E-state index contributed by atoms with van der Waals surface area (Å²) in [6.45, 7) is 4.67. The molecule has 4 rings (SSSR count). The topological polar surface area (TPSA) is 69.0 Å². The number of rotatable bonds is 4. The maximum Gasteiger partial charge on any atom is 0.416 e. The summed E-state index contributed by atoms with van der Waals surface area (Å²) in [5, 5.41) is 3.86. The van der Waals surface area contributed by atoms with Gasteiger partial charge in [0.2, 0.25) is 0 Å². The third-order valence-corrected chi connectivity index (χ3v) is 5.52. The minimum absolute atomic E-state index is 0.0284. The van der Waals surface area contributed by atoms with Gasteiger partial charge in [-0.25, -0.2) is 9.97 Å². The highest BCUT2D eigenvalue weighted by atomic mass is 19.4. The molecule has 1 fully saturated rings. The van der Waals surface area contributed by atoms with E-state index in [-0.39, 0.29) is 11.6 Å². The fourth-order valence-corrected chi connectivity index (χ4v) is 3.87. The zero-order valence-electron chi connectivity index (χ0n) is 17.2. The Balaban J connectivity index is 1.72. The molecule has 3 aromatic rings. The smallest absolute Gasteiger partial charge is 0.381 e. The quantitative estimate of drug-likeness (QED) is 0.650. The van der Waals surface area contributed by atoms with Gasteiger partial charge in [-0.3, -0.25) is 4.79 Å². The van der Waals surface area contributed by atoms with Gasteiger partial charge in [-0.05, 0) is 44.4 Å². The maximum absolute atomic E-state index is 13.1. The minimum Gasteiger partial charge on any atom is -0.381 e. The molecular weight excluding hydrogens is 409 g/mol. The van der Waals surface area contributed by atoms with E-state index in [1.54, 1.807) is 30.7 Å². The van der Waals surface area contributed by atoms with Crippen molar-refractivity contribution >= 4 is 16.7 Å². The van der Waals surface area contributed by atoms with Crippen molar-refractivity contribution in [3.05, 3.63) is 63.8 Å². The monoisotopic (exact) mass is 432 g/mol. The first-order valence-corrected chi connectivity index (χ1v) is 10.1. The third kappa shape index (κ3) is 4.56. The van der Waals surface area contributed by atoms with Gasteiger partial charge >= 0.3 is 6.18 Å². The molecule has 1 aliphatic rings. The molecule has 1 atom stereocenters. The number of fused-ring (bicyclic) bond motifs is 1. The highest BCUT2D eigenvalue weighted by molar-refractivity contribution is 5.88. The summed E-state index contributed by atoms with van der Waals surface area (Å²) in [7, 11) is 0. The molecule has 0 bridgehead atoms. The molecule has 0 spiro atoms. The van der Waals surface area contributed by atoms with Crippen molar-refractivity contribution in [2.75, 3.05) is 18.5 Å². The largest absolute Gasteiger partial charge is 0.416 e. The predicted molar refractivity (Wildman–Crippen MR) is 111 cm³/mol. The lowest BCUT2D eigenvalue weighted by atomic mass is 10.0. The predicted octanol–water partition coefficient (Wildman–Crippen LogP) is 4.64. The Morgan fingerprint density at radius 3 is 2.65 bits per heavy atom. The number of nitrogens with one attached hydrogen (secondary N) is 1. The molecule has 9 heteroatoms. The number of aryl methyl sites for hydroxylation is 1. The van der Waals surface area contributed by atoms with Gasteiger partial charge in [0.25, 0.3) is 5.56 Å². The van der Waals surface area contributed by atoms with Crippen molar-refractivity contribution in [1.29, 1.82) is 0 Å². The van der Waals surface area contributed by atoms with E-state index in [9.17, 15) is 18.0 Å². The Labute approximate surface area is 177 Å². The van der Waals surface area contributed by atoms with Crippen LogP contribution >= 0.6 is 0 Å². The van der Waals surface area contributed by atoms with Crippen molar-refractivity contribution in [3.63, 3.8) is 0 Å². The lowest BCUT2D eigenvalue weighted by molar-refractivity contribution is -0.137. The molecule has 0 amide bonds. The van der Waals surface area contributed by atoms with Gasteiger partial charge in [0.05, 0.1) is 16.5 Å². The van der Waals surface area contributed by atoms with Crippen LogP contribution in [0.4, 0.5) is 19.0 Å². The van der Waals surface area contributed by atoms with Crippen LogP contribution in [0.15, 0.2) is 41.3 Å². The molecule has 31 heavy (non-hydrogen) atoms. The number of nitrogens with zero attached hydrogens (tertiary/aromatic N) is 3. The summed E-state index contributed by atoms with van der Waals surface area (Å²) in [6, 6.07) is 6.28. The van der Waals surface area contributed by atoms with Gasteiger partial charge in [-0.2, -0.15) is 13.2 Å². The Kier molecular flexibility index (Phi) is 5.70. The number of anilines is 1. The van der Waals surface area contributed by atoms with Gasteiger partial charge in [-0.15, -0.1) is 0 Å². The van der Waals surface area contributed by atoms with Crippen molar-refractivity contribution < 1.29 is 17.9 Å². The molecule has 0 radical (unpaired) electrons. The molecule has 2 aromatic heterocycles. The van der Waals surface area contributed by atoms with Crippen LogP contribution < -0.4 is 10.9 Å². The Morgan fingerprint density at radius 1 is 1.19 bits per heavy atom. The summed E-state index contributed by atoms with van der Waals surface area (Å²) in [6.07, 6.45) is -1.19. The molecule has 164 valence electrons. The van der Waals surface area contributed by atoms with E-state index in [4.69, 9.17) is 4.74 Å². The molecular formula is C22H23F3N4O2. The minimum atomic E-state index is -4.41. The van der Waals surface area contributed by atoms with Crippen LogP contribution in [0.2, 0.25) is 0 Å². The average molecular weight is 432 g/mol. The summed E-state index contributed by atoms with van der Waals surface area (Å²) < 4.78 is 46.4. The van der Waals surface area contributed by atoms with Gasteiger partial charge in [0.1, 0.15) is 11.6 Å². The lowest BCUT2D eigenvalue weighted by Gasteiger charge is -2.25. The van der Waals surface area contributed by atoms with Crippen LogP contribution in [0.1, 0.15) is 48.8 Å². The van der Waals surface area contributed by atoms with Gasteiger partial charge in [-0.1, -0.05) is 12.1 Å². The van der Waals surface area contributed by atoms with Crippen molar-refractivity contribution in [2.45, 2.75) is 44.9 Å². The maximum atomic E-state index is 13.1. The highest BCUT2D eigenvalue weighted by Gasteiger charge is 2.30. The molecule has 1 saturated heterocycles. The molecule has 0 unspecified atom stereocenters. The summed E-state index contributed by atoms with van der Waals surface area (Å²) >= 11 is 0. The highest BCUT2D eigenvalue weighted by Crippen LogP contribution is 2.32. The van der Waals surface area contributed by atoms with Crippen LogP contribution in [0, 0.1) is 6.92 Å². The molecule has 0 saturated carbocycles. The Bertz CT molecular complexity index is 1150. The summed E-state index contributed by atoms with van der Waals surface area (Å²) in [5.41, 5.74) is 0.140. The van der Waals surface area contributed by atoms with Crippen LogP contribution in [0.25, 0.3) is 10.9 Å². The Morgan fingerprint density at radius 2 is 1.94 bits per heavy atom. The number of halogens is 3. The third-order valence-electron chi connectivity index (χ3n) is 5.52. The van der Waals surface area contributed by atoms with E-state index in [1.165, 1.54) is 12.1 Å². The van der Waals surface area contributed by atoms with Crippen molar-refractivity contribution in [3.8, 4) is 0 Å². The first-order valence-electron chi connectivity index (χ1n) is 10.1. The zero-order valence-corrected chi connectivity index (χ0v) is 17.2. The van der Waals surface area contributed by atoms with Crippen LogP contribution in [-0.4, -0.2) is 27.7 Å². The number of alkyl halides is 3. The molecule has 6 nitrogen and oxygen atoms in total. The second-order valence-corrected chi connectivity index (χ2v) is 7.77. The lowest BCUT2D eigenvalue weighted by Crippen LogP contribution is -2.28. The fourth-order valence-electron chi connectivity index (χ4n) is 3.87. The standard InChI is InChI=1S/C22H23F3N4O2/c1-13(15-4-3-5-16(10-15)22(23,24)25)26-21-18-12-29(17-6-8-31-9-7-17)20(30)11-19(18)27-14(2)28-21/h3-5,10-13,17H,6-9H2,1-2H3,(H,26,27,28)/t13-/m1/s1. The van der Waals surface area contributed by atoms with E-state index >= 15 is 0 Å². The van der Waals surface area contributed by atoms with Gasteiger partial charge in [0, 0.05) is 37.6 Å². The fraction of sp³-hybridized carbons (Fsp3) is 0.409.